The Morgan fingerprint density at radius 3 is 2.74 bits per heavy atom. The van der Waals surface area contributed by atoms with Crippen molar-refractivity contribution in [2.75, 3.05) is 0 Å². The van der Waals surface area contributed by atoms with Crippen LogP contribution < -0.4 is 0 Å². The van der Waals surface area contributed by atoms with Crippen LogP contribution in [0.4, 0.5) is 4.39 Å². The monoisotopic (exact) mass is 322 g/mol. The Bertz CT molecular complexity index is 617. The van der Waals surface area contributed by atoms with E-state index in [1.165, 1.54) is 18.2 Å². The molecule has 98 valence electrons. The summed E-state index contributed by atoms with van der Waals surface area (Å²) in [5, 5.41) is 4.09. The van der Waals surface area contributed by atoms with Gasteiger partial charge in [-0.3, -0.25) is 9.48 Å². The summed E-state index contributed by atoms with van der Waals surface area (Å²) in [7, 11) is 0. The lowest BCUT2D eigenvalue weighted by molar-refractivity contribution is 0.103. The first kappa shape index (κ1) is 13.7. The highest BCUT2D eigenvalue weighted by Gasteiger charge is 2.13. The zero-order valence-corrected chi connectivity index (χ0v) is 11.9. The van der Waals surface area contributed by atoms with Crippen molar-refractivity contribution in [3.63, 3.8) is 0 Å². The van der Waals surface area contributed by atoms with Gasteiger partial charge in [-0.25, -0.2) is 4.39 Å². The van der Waals surface area contributed by atoms with Crippen molar-refractivity contribution >= 4 is 27.8 Å². The van der Waals surface area contributed by atoms with E-state index in [9.17, 15) is 9.18 Å². The molecule has 19 heavy (non-hydrogen) atoms. The van der Waals surface area contributed by atoms with Gasteiger partial charge < -0.3 is 0 Å². The van der Waals surface area contributed by atoms with Gasteiger partial charge in [-0.1, -0.05) is 18.2 Å². The van der Waals surface area contributed by atoms with Crippen LogP contribution in [0.1, 0.15) is 23.0 Å². The van der Waals surface area contributed by atoms with E-state index in [0.717, 1.165) is 5.56 Å². The fourth-order valence-corrected chi connectivity index (χ4v) is 2.16. The smallest absolute Gasteiger partial charge is 0.205 e. The van der Waals surface area contributed by atoms with E-state index in [0.29, 0.717) is 16.7 Å². The minimum Gasteiger partial charge on any atom is -0.288 e. The second-order valence-corrected chi connectivity index (χ2v) is 4.76. The van der Waals surface area contributed by atoms with Gasteiger partial charge in [-0.15, -0.1) is 0 Å². The maximum atomic E-state index is 12.8. The molecule has 0 aliphatic rings. The summed E-state index contributed by atoms with van der Waals surface area (Å²) < 4.78 is 15.0. The Hall–Kier alpha value is -1.75. The highest BCUT2D eigenvalue weighted by atomic mass is 79.9. The number of allylic oxidation sites excluding steroid dienone is 1. The van der Waals surface area contributed by atoms with Crippen LogP contribution in [-0.4, -0.2) is 15.6 Å². The fourth-order valence-electron chi connectivity index (χ4n) is 1.67. The largest absolute Gasteiger partial charge is 0.288 e. The highest BCUT2D eigenvalue weighted by molar-refractivity contribution is 9.10. The molecule has 1 heterocycles. The standard InChI is InChI=1S/C14H12BrFN2O/c1-2-18-14(12(15)9-17-18)13(19)8-5-10-3-6-11(16)7-4-10/h3-9H,2H2,1H3/b8-5+. The molecule has 0 fully saturated rings. The minimum absolute atomic E-state index is 0.143. The lowest BCUT2D eigenvalue weighted by atomic mass is 10.1. The van der Waals surface area contributed by atoms with Crippen LogP contribution in [0.3, 0.4) is 0 Å². The summed E-state index contributed by atoms with van der Waals surface area (Å²) in [6, 6.07) is 5.95. The van der Waals surface area contributed by atoms with Crippen LogP contribution in [-0.2, 0) is 6.54 Å². The number of rotatable bonds is 4. The molecule has 0 bridgehead atoms. The molecule has 0 atom stereocenters. The van der Waals surface area contributed by atoms with E-state index in [1.807, 2.05) is 6.92 Å². The zero-order chi connectivity index (χ0) is 13.8. The maximum absolute atomic E-state index is 12.8. The normalized spacial score (nSPS) is 11.1. The van der Waals surface area contributed by atoms with Crippen LogP contribution >= 0.6 is 15.9 Å². The second kappa shape index (κ2) is 5.93. The number of carbonyl (C=O) groups is 1. The van der Waals surface area contributed by atoms with Gasteiger partial charge in [0.2, 0.25) is 5.78 Å². The maximum Gasteiger partial charge on any atom is 0.205 e. The van der Waals surface area contributed by atoms with Crippen molar-refractivity contribution in [3.8, 4) is 0 Å². The molecule has 0 spiro atoms. The average Bonchev–Trinajstić information content (AvgIpc) is 2.79. The zero-order valence-electron chi connectivity index (χ0n) is 10.3. The van der Waals surface area contributed by atoms with Crippen molar-refractivity contribution in [2.24, 2.45) is 0 Å². The van der Waals surface area contributed by atoms with Gasteiger partial charge in [-0.2, -0.15) is 5.10 Å². The summed E-state index contributed by atoms with van der Waals surface area (Å²) in [5.41, 5.74) is 1.29. The van der Waals surface area contributed by atoms with Crippen molar-refractivity contribution in [2.45, 2.75) is 13.5 Å². The van der Waals surface area contributed by atoms with Gasteiger partial charge in [0.25, 0.3) is 0 Å². The molecule has 0 unspecified atom stereocenters. The molecule has 0 amide bonds. The first-order valence-corrected chi connectivity index (χ1v) is 6.60. The van der Waals surface area contributed by atoms with E-state index in [2.05, 4.69) is 21.0 Å². The summed E-state index contributed by atoms with van der Waals surface area (Å²) in [4.78, 5) is 12.1. The molecule has 0 radical (unpaired) electrons. The molecule has 3 nitrogen and oxygen atoms in total. The molecule has 0 N–H and O–H groups in total. The molecule has 2 aromatic rings. The number of ketones is 1. The van der Waals surface area contributed by atoms with Gasteiger partial charge in [0.05, 0.1) is 10.7 Å². The molecular weight excluding hydrogens is 311 g/mol. The first-order chi connectivity index (χ1) is 9.11. The van der Waals surface area contributed by atoms with Crippen molar-refractivity contribution in [1.29, 1.82) is 0 Å². The Balaban J connectivity index is 2.21. The molecule has 0 aliphatic carbocycles. The van der Waals surface area contributed by atoms with Gasteiger partial charge >= 0.3 is 0 Å². The predicted molar refractivity (Wildman–Crippen MR) is 75.4 cm³/mol. The van der Waals surface area contributed by atoms with Crippen molar-refractivity contribution < 1.29 is 9.18 Å². The van der Waals surface area contributed by atoms with Crippen LogP contribution in [0.15, 0.2) is 41.0 Å². The number of aryl methyl sites for hydroxylation is 1. The molecule has 1 aromatic carbocycles. The molecule has 5 heteroatoms. The number of nitrogens with zero attached hydrogens (tertiary/aromatic N) is 2. The Labute approximate surface area is 118 Å². The van der Waals surface area contributed by atoms with E-state index in [4.69, 9.17) is 0 Å². The lowest BCUT2D eigenvalue weighted by Gasteiger charge is -2.01. The van der Waals surface area contributed by atoms with E-state index in [1.54, 1.807) is 29.1 Å². The van der Waals surface area contributed by atoms with Gasteiger partial charge in [0, 0.05) is 6.54 Å². The number of halogens is 2. The summed E-state index contributed by atoms with van der Waals surface area (Å²) in [6.45, 7) is 2.54. The predicted octanol–water partition coefficient (Wildman–Crippen LogP) is 3.70. The summed E-state index contributed by atoms with van der Waals surface area (Å²) in [6.07, 6.45) is 4.71. The molecule has 0 aliphatic heterocycles. The first-order valence-electron chi connectivity index (χ1n) is 5.81. The number of benzene rings is 1. The highest BCUT2D eigenvalue weighted by Crippen LogP contribution is 2.17. The Kier molecular flexibility index (Phi) is 4.27. The second-order valence-electron chi connectivity index (χ2n) is 3.91. The molecule has 1 aromatic heterocycles. The van der Waals surface area contributed by atoms with Crippen molar-refractivity contribution in [3.05, 3.63) is 58.1 Å². The third-order valence-electron chi connectivity index (χ3n) is 2.62. The molecular formula is C14H12BrFN2O. The minimum atomic E-state index is -0.296. The summed E-state index contributed by atoms with van der Waals surface area (Å²) >= 11 is 3.31. The third-order valence-corrected chi connectivity index (χ3v) is 3.21. The molecule has 2 rings (SSSR count). The fraction of sp³-hybridized carbons (Fsp3) is 0.143. The van der Waals surface area contributed by atoms with Gasteiger partial charge in [0.15, 0.2) is 0 Å². The molecule has 0 saturated heterocycles. The van der Waals surface area contributed by atoms with Crippen LogP contribution in [0.25, 0.3) is 6.08 Å². The Morgan fingerprint density at radius 2 is 2.11 bits per heavy atom. The van der Waals surface area contributed by atoms with Crippen LogP contribution in [0.5, 0.6) is 0 Å². The quantitative estimate of drug-likeness (QED) is 0.635. The lowest BCUT2D eigenvalue weighted by Crippen LogP contribution is -2.07. The number of hydrogen-bond donors (Lipinski definition) is 0. The Morgan fingerprint density at radius 1 is 1.42 bits per heavy atom. The number of carbonyl (C=O) groups excluding carboxylic acids is 1. The van der Waals surface area contributed by atoms with Crippen LogP contribution in [0.2, 0.25) is 0 Å². The SMILES string of the molecule is CCn1ncc(Br)c1C(=O)/C=C/c1ccc(F)cc1. The van der Waals surface area contributed by atoms with E-state index in [-0.39, 0.29) is 11.6 Å². The summed E-state index contributed by atoms with van der Waals surface area (Å²) in [5.74, 6) is -0.439. The van der Waals surface area contributed by atoms with E-state index < -0.39 is 0 Å². The third kappa shape index (κ3) is 3.17. The molecule has 0 saturated carbocycles. The van der Waals surface area contributed by atoms with Crippen molar-refractivity contribution in [1.82, 2.24) is 9.78 Å². The topological polar surface area (TPSA) is 34.9 Å². The van der Waals surface area contributed by atoms with Gasteiger partial charge in [-0.05, 0) is 46.6 Å². The average molecular weight is 323 g/mol. The van der Waals surface area contributed by atoms with Crippen LogP contribution in [0, 0.1) is 5.82 Å². The number of aromatic nitrogens is 2. The number of hydrogen-bond acceptors (Lipinski definition) is 2. The van der Waals surface area contributed by atoms with Gasteiger partial charge in [0.1, 0.15) is 11.5 Å². The van der Waals surface area contributed by atoms with E-state index >= 15 is 0 Å².